The second-order valence-electron chi connectivity index (χ2n) is 4.69. The van der Waals surface area contributed by atoms with Gasteiger partial charge in [0.25, 0.3) is 0 Å². The number of methoxy groups -OCH3 is 1. The van der Waals surface area contributed by atoms with Crippen LogP contribution in [0.25, 0.3) is 0 Å². The van der Waals surface area contributed by atoms with Crippen molar-refractivity contribution in [2.45, 2.75) is 25.2 Å². The molecule has 1 saturated heterocycles. The van der Waals surface area contributed by atoms with Gasteiger partial charge in [0.05, 0.1) is 13.7 Å². The van der Waals surface area contributed by atoms with Gasteiger partial charge in [0, 0.05) is 19.1 Å². The first-order valence-corrected chi connectivity index (χ1v) is 7.33. The molecule has 0 aliphatic carbocycles. The maximum atomic E-state index is 5.68. The minimum Gasteiger partial charge on any atom is -0.493 e. The molecule has 1 fully saturated rings. The minimum atomic E-state index is 0.569. The molecule has 0 unspecified atom stereocenters. The van der Waals surface area contributed by atoms with Gasteiger partial charge >= 0.3 is 0 Å². The van der Waals surface area contributed by atoms with Gasteiger partial charge in [-0.1, -0.05) is 6.07 Å². The lowest BCUT2D eigenvalue weighted by Gasteiger charge is -2.23. The van der Waals surface area contributed by atoms with Gasteiger partial charge in [-0.25, -0.2) is 0 Å². The van der Waals surface area contributed by atoms with Crippen LogP contribution in [0, 0.1) is 0 Å². The number of halogens is 1. The molecule has 0 radical (unpaired) electrons. The molecule has 3 nitrogen and oxygen atoms in total. The van der Waals surface area contributed by atoms with Gasteiger partial charge < -0.3 is 14.2 Å². The Bertz CT molecular complexity index is 389. The van der Waals surface area contributed by atoms with Crippen molar-refractivity contribution in [3.05, 3.63) is 23.8 Å². The highest BCUT2D eigenvalue weighted by atomic mass is 35.5. The Labute approximate surface area is 119 Å². The Morgan fingerprint density at radius 1 is 1.26 bits per heavy atom. The van der Waals surface area contributed by atoms with Crippen LogP contribution in [0.2, 0.25) is 0 Å². The van der Waals surface area contributed by atoms with Crippen molar-refractivity contribution in [1.82, 2.24) is 0 Å². The van der Waals surface area contributed by atoms with Gasteiger partial charge in [-0.05, 0) is 42.9 Å². The van der Waals surface area contributed by atoms with Crippen LogP contribution < -0.4 is 9.47 Å². The van der Waals surface area contributed by atoms with Crippen LogP contribution in [0.4, 0.5) is 0 Å². The number of rotatable bonds is 6. The summed E-state index contributed by atoms with van der Waals surface area (Å²) in [5.41, 5.74) is 1.31. The van der Waals surface area contributed by atoms with Gasteiger partial charge in [-0.3, -0.25) is 0 Å². The van der Waals surface area contributed by atoms with Gasteiger partial charge in [-0.15, -0.1) is 11.6 Å². The highest BCUT2D eigenvalue weighted by Crippen LogP contribution is 2.34. The van der Waals surface area contributed by atoms with E-state index in [1.165, 1.54) is 5.56 Å². The van der Waals surface area contributed by atoms with Crippen LogP contribution in [0.3, 0.4) is 0 Å². The van der Waals surface area contributed by atoms with Crippen molar-refractivity contribution < 1.29 is 14.2 Å². The summed E-state index contributed by atoms with van der Waals surface area (Å²) < 4.78 is 16.5. The Morgan fingerprint density at radius 3 is 2.74 bits per heavy atom. The van der Waals surface area contributed by atoms with Crippen molar-refractivity contribution in [1.29, 1.82) is 0 Å². The van der Waals surface area contributed by atoms with Gasteiger partial charge in [0.2, 0.25) is 0 Å². The van der Waals surface area contributed by atoms with Crippen molar-refractivity contribution in [3.63, 3.8) is 0 Å². The molecule has 1 aromatic rings. The molecule has 1 aromatic carbocycles. The third-order valence-electron chi connectivity index (χ3n) is 3.42. The number of hydrogen-bond acceptors (Lipinski definition) is 3. The summed E-state index contributed by atoms with van der Waals surface area (Å²) in [7, 11) is 1.68. The molecule has 0 bridgehead atoms. The van der Waals surface area contributed by atoms with Crippen LogP contribution >= 0.6 is 11.6 Å². The Morgan fingerprint density at radius 2 is 2.05 bits per heavy atom. The number of hydrogen-bond donors (Lipinski definition) is 0. The van der Waals surface area contributed by atoms with Crippen LogP contribution in [-0.2, 0) is 4.74 Å². The number of alkyl halides is 1. The summed E-state index contributed by atoms with van der Waals surface area (Å²) in [6.45, 7) is 2.32. The molecule has 1 aliphatic heterocycles. The highest BCUT2D eigenvalue weighted by Gasteiger charge is 2.17. The van der Waals surface area contributed by atoms with E-state index in [-0.39, 0.29) is 0 Å². The molecule has 0 saturated carbocycles. The largest absolute Gasteiger partial charge is 0.493 e. The molecule has 0 atom stereocenters. The molecule has 2 rings (SSSR count). The lowest BCUT2D eigenvalue weighted by atomic mass is 9.91. The van der Waals surface area contributed by atoms with Crippen LogP contribution in [0.15, 0.2) is 18.2 Å². The Hall–Kier alpha value is -0.930. The number of benzene rings is 1. The van der Waals surface area contributed by atoms with E-state index in [2.05, 4.69) is 12.1 Å². The van der Waals surface area contributed by atoms with Crippen LogP contribution in [-0.4, -0.2) is 32.8 Å². The molecule has 19 heavy (non-hydrogen) atoms. The molecule has 0 aromatic heterocycles. The lowest BCUT2D eigenvalue weighted by molar-refractivity contribution is 0.0852. The minimum absolute atomic E-state index is 0.569. The van der Waals surface area contributed by atoms with Gasteiger partial charge in [0.15, 0.2) is 11.5 Å². The molecule has 0 spiro atoms. The normalized spacial score (nSPS) is 16.3. The van der Waals surface area contributed by atoms with Crippen LogP contribution in [0.1, 0.15) is 30.7 Å². The first kappa shape index (κ1) is 14.5. The molecule has 106 valence electrons. The number of ether oxygens (including phenoxy) is 3. The van der Waals surface area contributed by atoms with E-state index < -0.39 is 0 Å². The first-order chi connectivity index (χ1) is 9.35. The van der Waals surface area contributed by atoms with Crippen molar-refractivity contribution in [3.8, 4) is 11.5 Å². The fraction of sp³-hybridized carbons (Fsp3) is 0.600. The summed E-state index contributed by atoms with van der Waals surface area (Å²) in [4.78, 5) is 0. The monoisotopic (exact) mass is 284 g/mol. The summed E-state index contributed by atoms with van der Waals surface area (Å²) in [6.07, 6.45) is 3.00. The van der Waals surface area contributed by atoms with E-state index in [0.717, 1.165) is 44.0 Å². The summed E-state index contributed by atoms with van der Waals surface area (Å²) >= 11 is 5.65. The third-order valence-corrected chi connectivity index (χ3v) is 3.68. The van der Waals surface area contributed by atoms with Crippen molar-refractivity contribution in [2.24, 2.45) is 0 Å². The molecular formula is C15H21ClO3. The third kappa shape index (κ3) is 4.02. The fourth-order valence-corrected chi connectivity index (χ4v) is 2.43. The average molecular weight is 285 g/mol. The van der Waals surface area contributed by atoms with E-state index in [9.17, 15) is 0 Å². The molecular weight excluding hydrogens is 264 g/mol. The molecule has 1 aliphatic rings. The average Bonchev–Trinajstić information content (AvgIpc) is 2.48. The molecule has 0 amide bonds. The zero-order valence-electron chi connectivity index (χ0n) is 11.4. The Kier molecular flexibility index (Phi) is 5.80. The molecule has 0 N–H and O–H groups in total. The smallest absolute Gasteiger partial charge is 0.161 e. The predicted molar refractivity (Wildman–Crippen MR) is 76.6 cm³/mol. The zero-order chi connectivity index (χ0) is 13.5. The standard InChI is InChI=1S/C15H21ClO3/c1-17-15-11-13(12-5-9-18-10-6-12)3-4-14(15)19-8-2-7-16/h3-4,11-12H,2,5-10H2,1H3. The van der Waals surface area contributed by atoms with E-state index >= 15 is 0 Å². The maximum absolute atomic E-state index is 5.68. The fourth-order valence-electron chi connectivity index (χ4n) is 2.32. The zero-order valence-corrected chi connectivity index (χ0v) is 12.1. The SMILES string of the molecule is COc1cc(C2CCOCC2)ccc1OCCCCl. The van der Waals surface area contributed by atoms with E-state index in [0.29, 0.717) is 18.4 Å². The summed E-state index contributed by atoms with van der Waals surface area (Å²) in [5, 5.41) is 0. The summed E-state index contributed by atoms with van der Waals surface area (Å²) in [6, 6.07) is 6.22. The summed E-state index contributed by atoms with van der Waals surface area (Å²) in [5.74, 6) is 2.78. The van der Waals surface area contributed by atoms with E-state index in [1.807, 2.05) is 6.07 Å². The van der Waals surface area contributed by atoms with Crippen LogP contribution in [0.5, 0.6) is 11.5 Å². The second-order valence-corrected chi connectivity index (χ2v) is 5.07. The van der Waals surface area contributed by atoms with Gasteiger partial charge in [-0.2, -0.15) is 0 Å². The quantitative estimate of drug-likeness (QED) is 0.590. The van der Waals surface area contributed by atoms with E-state index in [1.54, 1.807) is 7.11 Å². The first-order valence-electron chi connectivity index (χ1n) is 6.79. The van der Waals surface area contributed by atoms with Gasteiger partial charge in [0.1, 0.15) is 0 Å². The lowest BCUT2D eigenvalue weighted by Crippen LogP contribution is -2.14. The van der Waals surface area contributed by atoms with Crippen molar-refractivity contribution >= 4 is 11.6 Å². The maximum Gasteiger partial charge on any atom is 0.161 e. The predicted octanol–water partition coefficient (Wildman–Crippen LogP) is 3.60. The van der Waals surface area contributed by atoms with Crippen molar-refractivity contribution in [2.75, 3.05) is 32.8 Å². The Balaban J connectivity index is 2.06. The molecule has 1 heterocycles. The molecule has 4 heteroatoms. The highest BCUT2D eigenvalue weighted by molar-refractivity contribution is 6.17. The second kappa shape index (κ2) is 7.61. The van der Waals surface area contributed by atoms with E-state index in [4.69, 9.17) is 25.8 Å². The topological polar surface area (TPSA) is 27.7 Å².